The summed E-state index contributed by atoms with van der Waals surface area (Å²) in [6.45, 7) is 2.83. The van der Waals surface area contributed by atoms with E-state index in [0.29, 0.717) is 18.4 Å². The molecule has 0 aromatic rings. The van der Waals surface area contributed by atoms with E-state index < -0.39 is 56.3 Å². The number of ether oxygens (including phenoxy) is 2. The number of amides is 1. The van der Waals surface area contributed by atoms with E-state index in [9.17, 15) is 32.6 Å². The Balaban J connectivity index is 1.75. The molecule has 0 heterocycles. The van der Waals surface area contributed by atoms with Gasteiger partial charge >= 0.3 is 19.8 Å². The van der Waals surface area contributed by atoms with E-state index in [1.165, 1.54) is 57.4 Å². The van der Waals surface area contributed by atoms with Crippen LogP contribution in [0.4, 0.5) is 8.78 Å². The van der Waals surface area contributed by atoms with Crippen LogP contribution in [0.2, 0.25) is 0 Å². The molecular formula is C38H62F2NO9P. The summed E-state index contributed by atoms with van der Waals surface area (Å²) in [6.07, 6.45) is 23.8. The molecular weight excluding hydrogens is 683 g/mol. The van der Waals surface area contributed by atoms with Crippen LogP contribution in [-0.2, 0) is 37.5 Å². The van der Waals surface area contributed by atoms with Crippen molar-refractivity contribution in [2.24, 2.45) is 5.41 Å². The molecule has 1 saturated carbocycles. The van der Waals surface area contributed by atoms with Gasteiger partial charge in [-0.2, -0.15) is 0 Å². The second kappa shape index (κ2) is 24.8. The third-order valence-corrected chi connectivity index (χ3v) is 10.1. The van der Waals surface area contributed by atoms with E-state index in [1.54, 1.807) is 12.2 Å². The minimum atomic E-state index is -4.65. The lowest BCUT2D eigenvalue weighted by Crippen LogP contribution is -2.30. The minimum Gasteiger partial charge on any atom is -0.461 e. The number of alkyl halides is 2. The van der Waals surface area contributed by atoms with Gasteiger partial charge in [0, 0.05) is 19.4 Å². The molecule has 2 N–H and O–H groups in total. The molecule has 1 fully saturated rings. The number of carbonyl (C=O) groups is 3. The highest BCUT2D eigenvalue weighted by molar-refractivity contribution is 7.47. The van der Waals surface area contributed by atoms with Crippen molar-refractivity contribution in [1.29, 1.82) is 0 Å². The highest BCUT2D eigenvalue weighted by atomic mass is 31.2. The van der Waals surface area contributed by atoms with Gasteiger partial charge in [-0.05, 0) is 44.1 Å². The number of hydrogen-bond acceptors (Lipinski definition) is 8. The van der Waals surface area contributed by atoms with Crippen LogP contribution in [-0.4, -0.2) is 61.1 Å². The molecule has 10 nitrogen and oxygen atoms in total. The highest BCUT2D eigenvalue weighted by Crippen LogP contribution is 2.65. The number of esters is 2. The van der Waals surface area contributed by atoms with Crippen molar-refractivity contribution in [3.8, 4) is 0 Å². The quantitative estimate of drug-likeness (QED) is 0.0319. The molecule has 0 aromatic heterocycles. The molecule has 2 unspecified atom stereocenters. The van der Waals surface area contributed by atoms with Gasteiger partial charge in [0.1, 0.15) is 6.61 Å². The summed E-state index contributed by atoms with van der Waals surface area (Å²) in [5.74, 6) is -4.48. The highest BCUT2D eigenvalue weighted by Gasteiger charge is 2.64. The van der Waals surface area contributed by atoms with E-state index in [1.807, 2.05) is 12.2 Å². The predicted molar refractivity (Wildman–Crippen MR) is 193 cm³/mol. The largest absolute Gasteiger partial charge is 0.472 e. The molecule has 0 radical (unpaired) electrons. The van der Waals surface area contributed by atoms with Crippen molar-refractivity contribution >= 4 is 25.7 Å². The molecule has 3 atom stereocenters. The monoisotopic (exact) mass is 745 g/mol. The lowest BCUT2D eigenvalue weighted by molar-refractivity contribution is -0.160. The molecule has 2 aliphatic carbocycles. The van der Waals surface area contributed by atoms with Gasteiger partial charge in [0.25, 0.3) is 5.92 Å². The molecule has 51 heavy (non-hydrogen) atoms. The summed E-state index contributed by atoms with van der Waals surface area (Å²) in [4.78, 5) is 47.3. The first-order chi connectivity index (χ1) is 24.4. The van der Waals surface area contributed by atoms with Crippen LogP contribution < -0.4 is 5.32 Å². The predicted octanol–water partition coefficient (Wildman–Crippen LogP) is 9.22. The van der Waals surface area contributed by atoms with Gasteiger partial charge in [0.15, 0.2) is 6.10 Å². The van der Waals surface area contributed by atoms with Gasteiger partial charge in [-0.15, -0.1) is 0 Å². The van der Waals surface area contributed by atoms with Gasteiger partial charge in [0.05, 0.1) is 31.5 Å². The Labute approximate surface area is 303 Å². The molecule has 0 saturated heterocycles. The van der Waals surface area contributed by atoms with Crippen LogP contribution in [0.3, 0.4) is 0 Å². The molecule has 1 spiro atoms. The summed E-state index contributed by atoms with van der Waals surface area (Å²) >= 11 is 0. The fourth-order valence-electron chi connectivity index (χ4n) is 6.11. The smallest absolute Gasteiger partial charge is 0.461 e. The Morgan fingerprint density at radius 1 is 0.843 bits per heavy atom. The van der Waals surface area contributed by atoms with Crippen molar-refractivity contribution in [1.82, 2.24) is 5.32 Å². The second-order valence-electron chi connectivity index (χ2n) is 13.6. The zero-order valence-corrected chi connectivity index (χ0v) is 31.7. The molecule has 0 aromatic carbocycles. The zero-order chi connectivity index (χ0) is 37.4. The standard InChI is InChI=1S/C38H62F2NO9P/c1-3-5-7-9-11-13-15-17-19-22-35(43)47-30-33(50-36(44)23-20-18-16-14-12-10-8-6-4-2)31-49-51(45,46)48-27-26-41-34(42)28-32-29-37(32)24-21-25-38(37,39)40/h17-20,29,33H,3-16,21-28,30-31H2,1-2H3,(H,41,42)(H,45,46)/b19-17-,20-18-/t33-,37?/m1/s1. The molecule has 13 heteroatoms. The van der Waals surface area contributed by atoms with Gasteiger partial charge in [-0.3, -0.25) is 23.4 Å². The average Bonchev–Trinajstić information content (AvgIpc) is 3.70. The Morgan fingerprint density at radius 2 is 1.43 bits per heavy atom. The first-order valence-corrected chi connectivity index (χ1v) is 20.6. The number of unbranched alkanes of at least 4 members (excludes halogenated alkanes) is 12. The summed E-state index contributed by atoms with van der Waals surface area (Å²) in [7, 11) is -4.65. The Kier molecular flexibility index (Phi) is 21.7. The van der Waals surface area contributed by atoms with Crippen molar-refractivity contribution in [3.63, 3.8) is 0 Å². The maximum Gasteiger partial charge on any atom is 0.472 e. The number of phosphoric ester groups is 1. The van der Waals surface area contributed by atoms with E-state index in [0.717, 1.165) is 38.5 Å². The summed E-state index contributed by atoms with van der Waals surface area (Å²) < 4.78 is 61.4. The molecule has 2 aliphatic rings. The fraction of sp³-hybridized carbons (Fsp3) is 0.763. The number of hydrogen-bond donors (Lipinski definition) is 2. The maximum atomic E-state index is 14.1. The average molecular weight is 746 g/mol. The lowest BCUT2D eigenvalue weighted by Gasteiger charge is -2.20. The van der Waals surface area contributed by atoms with Crippen LogP contribution in [0.1, 0.15) is 142 Å². The van der Waals surface area contributed by atoms with Crippen molar-refractivity contribution in [2.45, 2.75) is 154 Å². The second-order valence-corrected chi connectivity index (χ2v) is 15.0. The van der Waals surface area contributed by atoms with Gasteiger partial charge in [-0.1, -0.05) is 108 Å². The SMILES string of the molecule is CCCCCCCC/C=C\CC(=O)OC[C@H](COP(=O)(O)OCCNC(=O)CC1=CC12CCCC2(F)F)OC(=O)C/C=C\CCCCCCCC. The first-order valence-electron chi connectivity index (χ1n) is 19.1. The zero-order valence-electron chi connectivity index (χ0n) is 30.9. The Hall–Kier alpha value is -2.40. The minimum absolute atomic E-state index is 0.0237. The van der Waals surface area contributed by atoms with Crippen molar-refractivity contribution in [2.75, 3.05) is 26.4 Å². The molecule has 292 valence electrons. The Bertz CT molecular complexity index is 1190. The summed E-state index contributed by atoms with van der Waals surface area (Å²) in [5, 5.41) is 2.49. The summed E-state index contributed by atoms with van der Waals surface area (Å²) in [5.41, 5.74) is -0.851. The molecule has 0 aliphatic heterocycles. The van der Waals surface area contributed by atoms with Crippen LogP contribution >= 0.6 is 7.82 Å². The van der Waals surface area contributed by atoms with Crippen LogP contribution in [0.5, 0.6) is 0 Å². The summed E-state index contributed by atoms with van der Waals surface area (Å²) in [6, 6.07) is 0. The number of allylic oxidation sites excluding steroid dienone is 3. The van der Waals surface area contributed by atoms with E-state index in [-0.39, 0.29) is 38.8 Å². The van der Waals surface area contributed by atoms with E-state index in [2.05, 4.69) is 19.2 Å². The van der Waals surface area contributed by atoms with Crippen LogP contribution in [0, 0.1) is 5.41 Å². The third-order valence-electron chi connectivity index (χ3n) is 9.16. The fourth-order valence-corrected chi connectivity index (χ4v) is 6.87. The van der Waals surface area contributed by atoms with Crippen molar-refractivity contribution < 1.29 is 51.1 Å². The third kappa shape index (κ3) is 18.8. The van der Waals surface area contributed by atoms with E-state index >= 15 is 0 Å². The maximum absolute atomic E-state index is 14.1. The first kappa shape index (κ1) is 44.8. The number of nitrogens with one attached hydrogen (secondary N) is 1. The van der Waals surface area contributed by atoms with Gasteiger partial charge in [-0.25, -0.2) is 13.3 Å². The van der Waals surface area contributed by atoms with E-state index in [4.69, 9.17) is 18.5 Å². The molecule has 0 bridgehead atoms. The number of halogens is 2. The number of rotatable bonds is 30. The van der Waals surface area contributed by atoms with Crippen molar-refractivity contribution in [3.05, 3.63) is 36.0 Å². The lowest BCUT2D eigenvalue weighted by atomic mass is 9.93. The van der Waals surface area contributed by atoms with Crippen LogP contribution in [0.15, 0.2) is 36.0 Å². The van der Waals surface area contributed by atoms with Crippen LogP contribution in [0.25, 0.3) is 0 Å². The molecule has 1 amide bonds. The number of phosphoric acid groups is 1. The Morgan fingerprint density at radius 3 is 2.02 bits per heavy atom. The normalized spacial score (nSPS) is 19.7. The van der Waals surface area contributed by atoms with Gasteiger partial charge < -0.3 is 19.7 Å². The molecule has 2 rings (SSSR count). The van der Waals surface area contributed by atoms with Gasteiger partial charge in [0.2, 0.25) is 5.91 Å². The topological polar surface area (TPSA) is 137 Å². The number of carbonyl (C=O) groups excluding carboxylic acids is 3.